The monoisotopic (exact) mass is 281 g/mol. The highest BCUT2D eigenvalue weighted by Crippen LogP contribution is 2.16. The molecule has 1 unspecified atom stereocenters. The van der Waals surface area contributed by atoms with Gasteiger partial charge in [-0.25, -0.2) is 13.1 Å². The summed E-state index contributed by atoms with van der Waals surface area (Å²) in [5, 5.41) is 7.59. The maximum absolute atomic E-state index is 12.2. The van der Waals surface area contributed by atoms with E-state index in [4.69, 9.17) is 5.73 Å². The molecule has 0 saturated carbocycles. The minimum atomic E-state index is -3.64. The molecule has 2 rings (SSSR count). The van der Waals surface area contributed by atoms with Crippen LogP contribution in [0.3, 0.4) is 0 Å². The highest BCUT2D eigenvalue weighted by atomic mass is 32.2. The van der Waals surface area contributed by atoms with E-state index in [1.165, 1.54) is 18.5 Å². The van der Waals surface area contributed by atoms with Crippen molar-refractivity contribution in [2.24, 2.45) is 7.05 Å². The molecule has 1 atom stereocenters. The summed E-state index contributed by atoms with van der Waals surface area (Å²) < 4.78 is 28.5. The summed E-state index contributed by atoms with van der Waals surface area (Å²) in [7, 11) is -1.89. The molecule has 102 valence electrons. The fourth-order valence-corrected chi connectivity index (χ4v) is 2.98. The second-order valence-corrected chi connectivity index (χ2v) is 5.93. The lowest BCUT2D eigenvalue weighted by Gasteiger charge is -2.13. The van der Waals surface area contributed by atoms with Crippen LogP contribution in [0.4, 0.5) is 5.69 Å². The highest BCUT2D eigenvalue weighted by molar-refractivity contribution is 7.89. The zero-order valence-corrected chi connectivity index (χ0v) is 11.4. The van der Waals surface area contributed by atoms with Gasteiger partial charge in [-0.3, -0.25) is 0 Å². The van der Waals surface area contributed by atoms with Gasteiger partial charge in [0.05, 0.1) is 10.9 Å². The van der Waals surface area contributed by atoms with Gasteiger partial charge in [0.2, 0.25) is 10.0 Å². The van der Waals surface area contributed by atoms with Gasteiger partial charge >= 0.3 is 0 Å². The molecule has 0 radical (unpaired) electrons. The maximum Gasteiger partial charge on any atom is 0.241 e. The van der Waals surface area contributed by atoms with Gasteiger partial charge < -0.3 is 10.3 Å². The smallest absolute Gasteiger partial charge is 0.241 e. The van der Waals surface area contributed by atoms with E-state index in [-0.39, 0.29) is 4.90 Å². The van der Waals surface area contributed by atoms with Crippen molar-refractivity contribution < 1.29 is 8.42 Å². The molecular formula is C11H15N5O2S. The molecule has 1 heterocycles. The second-order valence-electron chi connectivity index (χ2n) is 4.22. The van der Waals surface area contributed by atoms with E-state index in [0.717, 1.165) is 0 Å². The number of nitrogens with one attached hydrogen (secondary N) is 1. The molecule has 19 heavy (non-hydrogen) atoms. The fraction of sp³-hybridized carbons (Fsp3) is 0.273. The van der Waals surface area contributed by atoms with Crippen LogP contribution >= 0.6 is 0 Å². The quantitative estimate of drug-likeness (QED) is 0.791. The minimum absolute atomic E-state index is 0.126. The summed E-state index contributed by atoms with van der Waals surface area (Å²) in [5.74, 6) is 0.535. The molecule has 1 aromatic heterocycles. The van der Waals surface area contributed by atoms with E-state index in [0.29, 0.717) is 11.5 Å². The van der Waals surface area contributed by atoms with E-state index in [9.17, 15) is 8.42 Å². The Morgan fingerprint density at radius 2 is 2.16 bits per heavy atom. The van der Waals surface area contributed by atoms with Crippen molar-refractivity contribution >= 4 is 15.7 Å². The van der Waals surface area contributed by atoms with Crippen molar-refractivity contribution in [3.8, 4) is 0 Å². The number of rotatable bonds is 4. The van der Waals surface area contributed by atoms with Crippen LogP contribution in [0.2, 0.25) is 0 Å². The third kappa shape index (κ3) is 2.91. The number of nitrogens with zero attached hydrogens (tertiary/aromatic N) is 3. The molecule has 2 aromatic rings. The van der Waals surface area contributed by atoms with Gasteiger partial charge in [-0.15, -0.1) is 10.2 Å². The topological polar surface area (TPSA) is 103 Å². The zero-order chi connectivity index (χ0) is 14.0. The Morgan fingerprint density at radius 3 is 2.74 bits per heavy atom. The minimum Gasteiger partial charge on any atom is -0.399 e. The van der Waals surface area contributed by atoms with Crippen molar-refractivity contribution in [3.63, 3.8) is 0 Å². The standard InChI is InChI=1S/C11H15N5O2S/c1-8(11-14-13-7-16(11)2)15-19(17,18)10-5-3-4-9(12)6-10/h3-8,15H,12H2,1-2H3. The first kappa shape index (κ1) is 13.5. The van der Waals surface area contributed by atoms with E-state index in [1.807, 2.05) is 0 Å². The van der Waals surface area contributed by atoms with Gasteiger partial charge in [-0.05, 0) is 25.1 Å². The molecule has 0 aliphatic heterocycles. The van der Waals surface area contributed by atoms with Gasteiger partial charge in [0, 0.05) is 12.7 Å². The third-order valence-electron chi connectivity index (χ3n) is 2.63. The fourth-order valence-electron chi connectivity index (χ4n) is 1.72. The van der Waals surface area contributed by atoms with E-state index in [2.05, 4.69) is 14.9 Å². The number of aromatic nitrogens is 3. The van der Waals surface area contributed by atoms with Crippen LogP contribution in [-0.4, -0.2) is 23.2 Å². The van der Waals surface area contributed by atoms with Gasteiger partial charge in [-0.2, -0.15) is 0 Å². The maximum atomic E-state index is 12.2. The largest absolute Gasteiger partial charge is 0.399 e. The molecule has 3 N–H and O–H groups in total. The van der Waals surface area contributed by atoms with Crippen molar-refractivity contribution in [3.05, 3.63) is 36.4 Å². The Kier molecular flexibility index (Phi) is 3.54. The molecule has 7 nitrogen and oxygen atoms in total. The molecular weight excluding hydrogens is 266 g/mol. The number of hydrogen-bond donors (Lipinski definition) is 2. The summed E-state index contributed by atoms with van der Waals surface area (Å²) in [4.78, 5) is 0.126. The first-order valence-electron chi connectivity index (χ1n) is 5.62. The van der Waals surface area contributed by atoms with Crippen molar-refractivity contribution in [2.45, 2.75) is 17.9 Å². The molecule has 0 bridgehead atoms. The number of sulfonamides is 1. The summed E-state index contributed by atoms with van der Waals surface area (Å²) in [6.45, 7) is 1.70. The average molecular weight is 281 g/mol. The lowest BCUT2D eigenvalue weighted by atomic mass is 10.3. The zero-order valence-electron chi connectivity index (χ0n) is 10.6. The van der Waals surface area contributed by atoms with Gasteiger partial charge in [0.1, 0.15) is 12.2 Å². The summed E-state index contributed by atoms with van der Waals surface area (Å²) in [6, 6.07) is 5.63. The average Bonchev–Trinajstić information content (AvgIpc) is 2.75. The van der Waals surface area contributed by atoms with Crippen LogP contribution in [0.5, 0.6) is 0 Å². The molecule has 8 heteroatoms. The lowest BCUT2D eigenvalue weighted by Crippen LogP contribution is -2.28. The Bertz CT molecular complexity index is 680. The van der Waals surface area contributed by atoms with Crippen LogP contribution in [0.25, 0.3) is 0 Å². The van der Waals surface area contributed by atoms with Crippen molar-refractivity contribution in [2.75, 3.05) is 5.73 Å². The van der Waals surface area contributed by atoms with Crippen molar-refractivity contribution in [1.29, 1.82) is 0 Å². The van der Waals surface area contributed by atoms with Crippen LogP contribution in [0.15, 0.2) is 35.5 Å². The Hall–Kier alpha value is -1.93. The molecule has 1 aromatic carbocycles. The molecule has 0 fully saturated rings. The summed E-state index contributed by atoms with van der Waals surface area (Å²) in [6.07, 6.45) is 1.51. The number of benzene rings is 1. The second kappa shape index (κ2) is 4.98. The SMILES string of the molecule is CC(NS(=O)(=O)c1cccc(N)c1)c1nncn1C. The van der Waals surface area contributed by atoms with Crippen LogP contribution in [0.1, 0.15) is 18.8 Å². The Morgan fingerprint density at radius 1 is 1.42 bits per heavy atom. The van der Waals surface area contributed by atoms with E-state index in [1.54, 1.807) is 30.7 Å². The highest BCUT2D eigenvalue weighted by Gasteiger charge is 2.21. The lowest BCUT2D eigenvalue weighted by molar-refractivity contribution is 0.553. The van der Waals surface area contributed by atoms with Gasteiger partial charge in [0.15, 0.2) is 0 Å². The summed E-state index contributed by atoms with van der Waals surface area (Å²) >= 11 is 0. The third-order valence-corrected chi connectivity index (χ3v) is 4.17. The van der Waals surface area contributed by atoms with Gasteiger partial charge in [0.25, 0.3) is 0 Å². The predicted molar refractivity (Wildman–Crippen MR) is 70.6 cm³/mol. The van der Waals surface area contributed by atoms with Crippen LogP contribution in [0, 0.1) is 0 Å². The van der Waals surface area contributed by atoms with Gasteiger partial charge in [-0.1, -0.05) is 6.07 Å². The Balaban J connectivity index is 2.25. The van der Waals surface area contributed by atoms with Crippen LogP contribution in [-0.2, 0) is 17.1 Å². The number of hydrogen-bond acceptors (Lipinski definition) is 5. The molecule has 0 aliphatic carbocycles. The molecule has 0 saturated heterocycles. The summed E-state index contributed by atoms with van der Waals surface area (Å²) in [5.41, 5.74) is 5.98. The molecule has 0 aliphatic rings. The molecule has 0 spiro atoms. The molecule has 0 amide bonds. The van der Waals surface area contributed by atoms with Crippen molar-refractivity contribution in [1.82, 2.24) is 19.5 Å². The normalized spacial score (nSPS) is 13.4. The Labute approximate surface area is 111 Å². The number of anilines is 1. The first-order valence-corrected chi connectivity index (χ1v) is 7.10. The van der Waals surface area contributed by atoms with Crippen LogP contribution < -0.4 is 10.5 Å². The predicted octanol–water partition coefficient (Wildman–Crippen LogP) is 0.437. The number of aryl methyl sites for hydroxylation is 1. The number of nitrogens with two attached hydrogens (primary N) is 1. The van der Waals surface area contributed by atoms with E-state index >= 15 is 0 Å². The first-order chi connectivity index (χ1) is 8.90. The van der Waals surface area contributed by atoms with E-state index < -0.39 is 16.1 Å². The number of nitrogen functional groups attached to an aromatic ring is 1.